The molecule has 0 aliphatic heterocycles. The van der Waals surface area contributed by atoms with E-state index in [2.05, 4.69) is 19.2 Å². The first kappa shape index (κ1) is 14.9. The van der Waals surface area contributed by atoms with E-state index in [0.29, 0.717) is 12.6 Å². The monoisotopic (exact) mass is 217 g/mol. The summed E-state index contributed by atoms with van der Waals surface area (Å²) in [5.74, 6) is 0. The fraction of sp³-hybridized carbons (Fsp3) is 1.00. The zero-order valence-corrected chi connectivity index (χ0v) is 10.3. The topological polar surface area (TPSA) is 41.5 Å². The van der Waals surface area contributed by atoms with E-state index in [1.54, 1.807) is 0 Å². The van der Waals surface area contributed by atoms with Crippen molar-refractivity contribution >= 4 is 0 Å². The summed E-state index contributed by atoms with van der Waals surface area (Å²) in [7, 11) is 0. The molecule has 0 aromatic heterocycles. The van der Waals surface area contributed by atoms with Gasteiger partial charge in [0.25, 0.3) is 0 Å². The summed E-state index contributed by atoms with van der Waals surface area (Å²) in [6, 6.07) is 0.507. The highest BCUT2D eigenvalue weighted by atomic mass is 16.5. The smallest absolute Gasteiger partial charge is 0.0478 e. The van der Waals surface area contributed by atoms with E-state index in [4.69, 9.17) is 9.84 Å². The van der Waals surface area contributed by atoms with Crippen LogP contribution in [0, 0.1) is 0 Å². The van der Waals surface area contributed by atoms with Crippen molar-refractivity contribution < 1.29 is 9.84 Å². The standard InChI is InChI=1S/C12H27NO2/c1-3-4-10-15-11-6-8-13-12(2)7-5-9-14/h12-14H,3-11H2,1-2H3. The minimum absolute atomic E-state index is 0.298. The van der Waals surface area contributed by atoms with Crippen LogP contribution in [0.25, 0.3) is 0 Å². The van der Waals surface area contributed by atoms with Gasteiger partial charge < -0.3 is 15.2 Å². The SMILES string of the molecule is CCCCOCCCNC(C)CCCO. The highest BCUT2D eigenvalue weighted by Gasteiger charge is 1.99. The number of hydrogen-bond acceptors (Lipinski definition) is 3. The van der Waals surface area contributed by atoms with Gasteiger partial charge in [0.2, 0.25) is 0 Å². The number of nitrogens with one attached hydrogen (secondary N) is 1. The van der Waals surface area contributed by atoms with E-state index in [1.807, 2.05) is 0 Å². The van der Waals surface area contributed by atoms with Crippen LogP contribution in [0.4, 0.5) is 0 Å². The molecule has 3 heteroatoms. The highest BCUT2D eigenvalue weighted by molar-refractivity contribution is 4.59. The largest absolute Gasteiger partial charge is 0.396 e. The minimum Gasteiger partial charge on any atom is -0.396 e. The van der Waals surface area contributed by atoms with E-state index in [1.165, 1.54) is 12.8 Å². The van der Waals surface area contributed by atoms with E-state index in [9.17, 15) is 0 Å². The molecule has 0 aromatic carbocycles. The minimum atomic E-state index is 0.298. The summed E-state index contributed by atoms with van der Waals surface area (Å²) in [5, 5.41) is 12.1. The van der Waals surface area contributed by atoms with Crippen molar-refractivity contribution in [3.05, 3.63) is 0 Å². The Morgan fingerprint density at radius 2 is 1.93 bits per heavy atom. The fourth-order valence-corrected chi connectivity index (χ4v) is 1.37. The van der Waals surface area contributed by atoms with Crippen molar-refractivity contribution in [1.29, 1.82) is 0 Å². The van der Waals surface area contributed by atoms with Crippen molar-refractivity contribution in [3.63, 3.8) is 0 Å². The first-order chi connectivity index (χ1) is 7.31. The third-order valence-electron chi connectivity index (χ3n) is 2.40. The second-order valence-electron chi connectivity index (χ2n) is 4.04. The molecule has 0 aromatic rings. The summed E-state index contributed by atoms with van der Waals surface area (Å²) in [6.07, 6.45) is 5.39. The molecule has 1 atom stereocenters. The van der Waals surface area contributed by atoms with Gasteiger partial charge >= 0.3 is 0 Å². The van der Waals surface area contributed by atoms with Crippen LogP contribution >= 0.6 is 0 Å². The van der Waals surface area contributed by atoms with Crippen molar-refractivity contribution in [2.45, 2.75) is 52.0 Å². The summed E-state index contributed by atoms with van der Waals surface area (Å²) in [6.45, 7) is 7.41. The second-order valence-corrected chi connectivity index (χ2v) is 4.04. The summed E-state index contributed by atoms with van der Waals surface area (Å²) < 4.78 is 5.46. The molecule has 15 heavy (non-hydrogen) atoms. The zero-order chi connectivity index (χ0) is 11.4. The maximum Gasteiger partial charge on any atom is 0.0478 e. The van der Waals surface area contributed by atoms with Gasteiger partial charge in [0.15, 0.2) is 0 Å². The molecular formula is C12H27NO2. The van der Waals surface area contributed by atoms with Crippen LogP contribution < -0.4 is 5.32 Å². The maximum absolute atomic E-state index is 8.66. The lowest BCUT2D eigenvalue weighted by Gasteiger charge is -2.12. The van der Waals surface area contributed by atoms with Crippen LogP contribution in [-0.4, -0.2) is 37.5 Å². The van der Waals surface area contributed by atoms with Gasteiger partial charge in [-0.2, -0.15) is 0 Å². The Balaban J connectivity index is 3.02. The second kappa shape index (κ2) is 12.0. The normalized spacial score (nSPS) is 13.0. The molecule has 92 valence electrons. The molecule has 0 saturated carbocycles. The van der Waals surface area contributed by atoms with Crippen LogP contribution in [0.5, 0.6) is 0 Å². The van der Waals surface area contributed by atoms with Gasteiger partial charge in [-0.25, -0.2) is 0 Å². The molecule has 0 aliphatic carbocycles. The Hall–Kier alpha value is -0.120. The third-order valence-corrected chi connectivity index (χ3v) is 2.40. The molecule has 0 saturated heterocycles. The Morgan fingerprint density at radius 1 is 1.20 bits per heavy atom. The zero-order valence-electron chi connectivity index (χ0n) is 10.3. The maximum atomic E-state index is 8.66. The van der Waals surface area contributed by atoms with Crippen molar-refractivity contribution in [2.24, 2.45) is 0 Å². The molecular weight excluding hydrogens is 190 g/mol. The van der Waals surface area contributed by atoms with Gasteiger partial charge in [0, 0.05) is 25.9 Å². The molecule has 3 nitrogen and oxygen atoms in total. The molecule has 1 unspecified atom stereocenters. The Labute approximate surface area is 94.2 Å². The van der Waals surface area contributed by atoms with E-state index in [0.717, 1.165) is 39.0 Å². The Kier molecular flexibility index (Phi) is 11.9. The molecule has 0 amide bonds. The summed E-state index contributed by atoms with van der Waals surface area (Å²) in [5.41, 5.74) is 0. The first-order valence-electron chi connectivity index (χ1n) is 6.23. The van der Waals surface area contributed by atoms with Gasteiger partial charge in [-0.3, -0.25) is 0 Å². The fourth-order valence-electron chi connectivity index (χ4n) is 1.37. The molecule has 0 fully saturated rings. The van der Waals surface area contributed by atoms with Gasteiger partial charge in [-0.05, 0) is 39.2 Å². The highest BCUT2D eigenvalue weighted by Crippen LogP contribution is 1.95. The molecule has 0 spiro atoms. The number of unbranched alkanes of at least 4 members (excludes halogenated alkanes) is 1. The van der Waals surface area contributed by atoms with Crippen LogP contribution in [0.3, 0.4) is 0 Å². The van der Waals surface area contributed by atoms with Crippen LogP contribution in [-0.2, 0) is 4.74 Å². The number of hydrogen-bond donors (Lipinski definition) is 2. The van der Waals surface area contributed by atoms with Gasteiger partial charge in [0.05, 0.1) is 0 Å². The average molecular weight is 217 g/mol. The van der Waals surface area contributed by atoms with Gasteiger partial charge in [-0.1, -0.05) is 13.3 Å². The Morgan fingerprint density at radius 3 is 2.60 bits per heavy atom. The number of rotatable bonds is 11. The third kappa shape index (κ3) is 11.8. The summed E-state index contributed by atoms with van der Waals surface area (Å²) in [4.78, 5) is 0. The lowest BCUT2D eigenvalue weighted by molar-refractivity contribution is 0.128. The lowest BCUT2D eigenvalue weighted by atomic mass is 10.2. The quantitative estimate of drug-likeness (QED) is 0.520. The van der Waals surface area contributed by atoms with Gasteiger partial charge in [-0.15, -0.1) is 0 Å². The average Bonchev–Trinajstić information content (AvgIpc) is 2.25. The molecule has 0 heterocycles. The van der Waals surface area contributed by atoms with Crippen molar-refractivity contribution in [1.82, 2.24) is 5.32 Å². The van der Waals surface area contributed by atoms with Crippen molar-refractivity contribution in [3.8, 4) is 0 Å². The van der Waals surface area contributed by atoms with E-state index in [-0.39, 0.29) is 0 Å². The van der Waals surface area contributed by atoms with Gasteiger partial charge in [0.1, 0.15) is 0 Å². The number of aliphatic hydroxyl groups is 1. The molecule has 0 aliphatic rings. The van der Waals surface area contributed by atoms with Crippen molar-refractivity contribution in [2.75, 3.05) is 26.4 Å². The first-order valence-corrected chi connectivity index (χ1v) is 6.23. The predicted octanol–water partition coefficient (Wildman–Crippen LogP) is 1.94. The van der Waals surface area contributed by atoms with Crippen LogP contribution in [0.15, 0.2) is 0 Å². The number of ether oxygens (including phenoxy) is 1. The predicted molar refractivity (Wildman–Crippen MR) is 64.1 cm³/mol. The summed E-state index contributed by atoms with van der Waals surface area (Å²) >= 11 is 0. The molecule has 2 N–H and O–H groups in total. The molecule has 0 bridgehead atoms. The molecule has 0 radical (unpaired) electrons. The van der Waals surface area contributed by atoms with Crippen LogP contribution in [0.1, 0.15) is 46.0 Å². The molecule has 0 rings (SSSR count). The Bertz CT molecular complexity index is 120. The van der Waals surface area contributed by atoms with E-state index < -0.39 is 0 Å². The lowest BCUT2D eigenvalue weighted by Crippen LogP contribution is -2.27. The van der Waals surface area contributed by atoms with Crippen LogP contribution in [0.2, 0.25) is 0 Å². The number of aliphatic hydroxyl groups excluding tert-OH is 1. The van der Waals surface area contributed by atoms with E-state index >= 15 is 0 Å².